The molecule has 0 aliphatic rings. The van der Waals surface area contributed by atoms with Crippen molar-refractivity contribution in [1.29, 1.82) is 0 Å². The fraction of sp³-hybridized carbons (Fsp3) is 0.0833. The van der Waals surface area contributed by atoms with E-state index in [0.717, 1.165) is 9.35 Å². The SMILES string of the molecule is O=C(NCc1sccc1Br)c1cc(F)c(F)cc1[N+](=O)[O-]. The van der Waals surface area contributed by atoms with Crippen molar-refractivity contribution in [2.45, 2.75) is 6.54 Å². The van der Waals surface area contributed by atoms with Gasteiger partial charge in [-0.05, 0) is 33.4 Å². The predicted molar refractivity (Wildman–Crippen MR) is 76.2 cm³/mol. The first-order valence-electron chi connectivity index (χ1n) is 5.53. The van der Waals surface area contributed by atoms with Gasteiger partial charge < -0.3 is 5.32 Å². The Kier molecular flexibility index (Phi) is 4.63. The van der Waals surface area contributed by atoms with Crippen LogP contribution in [0.1, 0.15) is 15.2 Å². The fourth-order valence-corrected chi connectivity index (χ4v) is 3.01. The molecule has 0 saturated carbocycles. The van der Waals surface area contributed by atoms with Gasteiger partial charge in [0.05, 0.1) is 17.5 Å². The van der Waals surface area contributed by atoms with Crippen molar-refractivity contribution in [1.82, 2.24) is 5.32 Å². The van der Waals surface area contributed by atoms with Gasteiger partial charge in [0.25, 0.3) is 11.6 Å². The minimum Gasteiger partial charge on any atom is -0.347 e. The van der Waals surface area contributed by atoms with Crippen molar-refractivity contribution < 1.29 is 18.5 Å². The summed E-state index contributed by atoms with van der Waals surface area (Å²) in [7, 11) is 0. The van der Waals surface area contributed by atoms with Crippen LogP contribution >= 0.6 is 27.3 Å². The van der Waals surface area contributed by atoms with Gasteiger partial charge >= 0.3 is 0 Å². The maximum absolute atomic E-state index is 13.2. The van der Waals surface area contributed by atoms with Gasteiger partial charge in [0, 0.05) is 9.35 Å². The summed E-state index contributed by atoms with van der Waals surface area (Å²) in [6, 6.07) is 2.70. The van der Waals surface area contributed by atoms with Gasteiger partial charge in [-0.3, -0.25) is 14.9 Å². The first-order chi connectivity index (χ1) is 9.90. The van der Waals surface area contributed by atoms with Crippen molar-refractivity contribution in [2.24, 2.45) is 0 Å². The molecule has 0 bridgehead atoms. The molecule has 0 aliphatic carbocycles. The lowest BCUT2D eigenvalue weighted by atomic mass is 10.1. The summed E-state index contributed by atoms with van der Waals surface area (Å²) in [4.78, 5) is 22.6. The van der Waals surface area contributed by atoms with Gasteiger partial charge in [-0.1, -0.05) is 0 Å². The minimum absolute atomic E-state index is 0.118. The third-order valence-corrected chi connectivity index (χ3v) is 4.51. The Morgan fingerprint density at radius 1 is 1.38 bits per heavy atom. The summed E-state index contributed by atoms with van der Waals surface area (Å²) in [6.07, 6.45) is 0. The van der Waals surface area contributed by atoms with E-state index in [9.17, 15) is 23.7 Å². The highest BCUT2D eigenvalue weighted by Crippen LogP contribution is 2.24. The molecule has 0 aliphatic heterocycles. The molecule has 1 N–H and O–H groups in total. The Balaban J connectivity index is 2.24. The Bertz CT molecular complexity index is 721. The number of benzene rings is 1. The van der Waals surface area contributed by atoms with Gasteiger partial charge in [-0.25, -0.2) is 8.78 Å². The standard InChI is InChI=1S/C12H7BrF2N2O3S/c13-7-1-2-21-11(7)5-16-12(18)6-3-8(14)9(15)4-10(6)17(19)20/h1-4H,5H2,(H,16,18). The van der Waals surface area contributed by atoms with Crippen LogP contribution in [0.5, 0.6) is 0 Å². The highest BCUT2D eigenvalue weighted by Gasteiger charge is 2.23. The van der Waals surface area contributed by atoms with E-state index in [-0.39, 0.29) is 6.54 Å². The van der Waals surface area contributed by atoms with Crippen LogP contribution in [0.15, 0.2) is 28.1 Å². The smallest absolute Gasteiger partial charge is 0.285 e. The van der Waals surface area contributed by atoms with Gasteiger partial charge in [0.2, 0.25) is 0 Å². The molecule has 2 aromatic rings. The number of carbonyl (C=O) groups excluding carboxylic acids is 1. The molecular weight excluding hydrogens is 370 g/mol. The highest BCUT2D eigenvalue weighted by atomic mass is 79.9. The number of nitro benzene ring substituents is 1. The van der Waals surface area contributed by atoms with E-state index in [1.807, 2.05) is 0 Å². The number of nitro groups is 1. The fourth-order valence-electron chi connectivity index (χ4n) is 1.58. The van der Waals surface area contributed by atoms with E-state index in [1.54, 1.807) is 11.4 Å². The average Bonchev–Trinajstić information content (AvgIpc) is 2.84. The van der Waals surface area contributed by atoms with Crippen LogP contribution in [0.2, 0.25) is 0 Å². The molecular formula is C12H7BrF2N2O3S. The molecule has 21 heavy (non-hydrogen) atoms. The van der Waals surface area contributed by atoms with Crippen molar-refractivity contribution in [3.8, 4) is 0 Å². The number of thiophene rings is 1. The van der Waals surface area contributed by atoms with Crippen LogP contribution in [-0.2, 0) is 6.54 Å². The number of nitrogens with one attached hydrogen (secondary N) is 1. The van der Waals surface area contributed by atoms with Crippen molar-refractivity contribution in [3.05, 3.63) is 60.2 Å². The van der Waals surface area contributed by atoms with Gasteiger partial charge in [-0.15, -0.1) is 11.3 Å². The Morgan fingerprint density at radius 3 is 2.62 bits per heavy atom. The van der Waals surface area contributed by atoms with E-state index in [0.29, 0.717) is 12.1 Å². The summed E-state index contributed by atoms with van der Waals surface area (Å²) in [5, 5.41) is 15.0. The van der Waals surface area contributed by atoms with Gasteiger partial charge in [-0.2, -0.15) is 0 Å². The highest BCUT2D eigenvalue weighted by molar-refractivity contribution is 9.10. The molecule has 9 heteroatoms. The summed E-state index contributed by atoms with van der Waals surface area (Å²) in [5.74, 6) is -3.54. The summed E-state index contributed by atoms with van der Waals surface area (Å²) >= 11 is 4.65. The molecule has 5 nitrogen and oxygen atoms in total. The monoisotopic (exact) mass is 376 g/mol. The van der Waals surface area contributed by atoms with E-state index < -0.39 is 33.7 Å². The number of hydrogen-bond donors (Lipinski definition) is 1. The van der Waals surface area contributed by atoms with Crippen molar-refractivity contribution in [3.63, 3.8) is 0 Å². The molecule has 0 fully saturated rings. The Labute approximate surface area is 129 Å². The van der Waals surface area contributed by atoms with Crippen LogP contribution in [0, 0.1) is 21.7 Å². The van der Waals surface area contributed by atoms with Gasteiger partial charge in [0.15, 0.2) is 11.6 Å². The zero-order valence-electron chi connectivity index (χ0n) is 10.2. The number of amides is 1. The molecule has 0 atom stereocenters. The summed E-state index contributed by atoms with van der Waals surface area (Å²) < 4.78 is 27.0. The predicted octanol–water partition coefficient (Wildman–Crippen LogP) is 3.63. The normalized spacial score (nSPS) is 10.4. The van der Waals surface area contributed by atoms with Gasteiger partial charge in [0.1, 0.15) is 5.56 Å². The molecule has 1 amide bonds. The zero-order chi connectivity index (χ0) is 15.6. The minimum atomic E-state index is -1.38. The zero-order valence-corrected chi connectivity index (χ0v) is 12.6. The molecule has 1 heterocycles. The molecule has 0 unspecified atom stereocenters. The lowest BCUT2D eigenvalue weighted by Gasteiger charge is -2.06. The Hall–Kier alpha value is -1.87. The number of hydrogen-bond acceptors (Lipinski definition) is 4. The van der Waals surface area contributed by atoms with Crippen molar-refractivity contribution in [2.75, 3.05) is 0 Å². The molecule has 1 aromatic carbocycles. The second kappa shape index (κ2) is 6.27. The van der Waals surface area contributed by atoms with Crippen LogP contribution < -0.4 is 5.32 Å². The van der Waals surface area contributed by atoms with E-state index in [2.05, 4.69) is 21.2 Å². The largest absolute Gasteiger partial charge is 0.347 e. The second-order valence-electron chi connectivity index (χ2n) is 3.91. The van der Waals surface area contributed by atoms with Crippen LogP contribution in [0.4, 0.5) is 14.5 Å². The number of carbonyl (C=O) groups is 1. The molecule has 2 rings (SSSR count). The average molecular weight is 377 g/mol. The molecule has 0 radical (unpaired) electrons. The lowest BCUT2D eigenvalue weighted by Crippen LogP contribution is -2.23. The van der Waals surface area contributed by atoms with E-state index in [4.69, 9.17) is 0 Å². The van der Waals surface area contributed by atoms with E-state index in [1.165, 1.54) is 11.3 Å². The van der Waals surface area contributed by atoms with Crippen LogP contribution in [0.3, 0.4) is 0 Å². The molecule has 110 valence electrons. The number of halogens is 3. The van der Waals surface area contributed by atoms with Crippen LogP contribution in [-0.4, -0.2) is 10.8 Å². The first-order valence-corrected chi connectivity index (χ1v) is 7.21. The summed E-state index contributed by atoms with van der Waals surface area (Å²) in [6.45, 7) is 0.118. The third kappa shape index (κ3) is 3.42. The number of rotatable bonds is 4. The third-order valence-electron chi connectivity index (χ3n) is 2.58. The molecule has 0 spiro atoms. The number of nitrogens with zero attached hydrogens (tertiary/aromatic N) is 1. The topological polar surface area (TPSA) is 72.2 Å². The Morgan fingerprint density at radius 2 is 2.05 bits per heavy atom. The lowest BCUT2D eigenvalue weighted by molar-refractivity contribution is -0.385. The maximum Gasteiger partial charge on any atom is 0.285 e. The molecule has 1 aromatic heterocycles. The first kappa shape index (κ1) is 15.5. The quantitative estimate of drug-likeness (QED) is 0.654. The summed E-state index contributed by atoms with van der Waals surface area (Å²) in [5.41, 5.74) is -1.30. The maximum atomic E-state index is 13.2. The van der Waals surface area contributed by atoms with Crippen LogP contribution in [0.25, 0.3) is 0 Å². The van der Waals surface area contributed by atoms with Crippen molar-refractivity contribution >= 4 is 38.9 Å². The van der Waals surface area contributed by atoms with E-state index >= 15 is 0 Å². The second-order valence-corrected chi connectivity index (χ2v) is 5.77. The molecule has 0 saturated heterocycles.